The summed E-state index contributed by atoms with van der Waals surface area (Å²) in [5.41, 5.74) is 1.09. The number of nitrogens with zero attached hydrogens (tertiary/aromatic N) is 2. The Hall–Kier alpha value is -0.500. The highest BCUT2D eigenvalue weighted by Gasteiger charge is 2.19. The molecule has 1 fully saturated rings. The van der Waals surface area contributed by atoms with Crippen LogP contribution in [-0.4, -0.2) is 54.0 Å². The van der Waals surface area contributed by atoms with Gasteiger partial charge in [0.15, 0.2) is 5.13 Å². The van der Waals surface area contributed by atoms with Crippen LogP contribution in [0.1, 0.15) is 10.6 Å². The van der Waals surface area contributed by atoms with E-state index in [1.807, 2.05) is 0 Å². The van der Waals surface area contributed by atoms with Gasteiger partial charge in [-0.1, -0.05) is 0 Å². The summed E-state index contributed by atoms with van der Waals surface area (Å²) in [6, 6.07) is 0. The van der Waals surface area contributed by atoms with Crippen molar-refractivity contribution in [1.82, 2.24) is 10.3 Å². The van der Waals surface area contributed by atoms with Crippen LogP contribution in [0.5, 0.6) is 0 Å². The lowest BCUT2D eigenvalue weighted by molar-refractivity contribution is 0.199. The normalized spacial score (nSPS) is 17.1. The lowest BCUT2D eigenvalue weighted by atomic mass is 10.4. The number of rotatable bonds is 6. The molecule has 0 spiro atoms. The van der Waals surface area contributed by atoms with Crippen molar-refractivity contribution in [3.63, 3.8) is 0 Å². The Balaban J connectivity index is 1.90. The zero-order valence-electron chi connectivity index (χ0n) is 11.5. The van der Waals surface area contributed by atoms with Crippen LogP contribution in [0.15, 0.2) is 0 Å². The first kappa shape index (κ1) is 14.9. The maximum absolute atomic E-state index is 11.4. The van der Waals surface area contributed by atoms with E-state index in [1.54, 1.807) is 18.4 Å². The Morgan fingerprint density at radius 3 is 2.89 bits per heavy atom. The van der Waals surface area contributed by atoms with Crippen molar-refractivity contribution in [2.24, 2.45) is 0 Å². The number of ether oxygens (including phenoxy) is 1. The van der Waals surface area contributed by atoms with E-state index in [0.29, 0.717) is 0 Å². The molecule has 1 N–H and O–H groups in total. The van der Waals surface area contributed by atoms with Crippen LogP contribution < -0.4 is 10.2 Å². The average Bonchev–Trinajstić information content (AvgIpc) is 2.77. The minimum atomic E-state index is -0.631. The van der Waals surface area contributed by atoms with Crippen LogP contribution in [0.4, 0.5) is 5.13 Å². The second-order valence-corrected chi connectivity index (χ2v) is 7.27. The molecule has 19 heavy (non-hydrogen) atoms. The van der Waals surface area contributed by atoms with Gasteiger partial charge in [-0.2, -0.15) is 0 Å². The second-order valence-electron chi connectivity index (χ2n) is 4.51. The molecule has 2 heterocycles. The lowest BCUT2D eigenvalue weighted by Crippen LogP contribution is -2.37. The Morgan fingerprint density at radius 1 is 1.47 bits per heavy atom. The molecule has 0 saturated carbocycles. The molecule has 1 aliphatic rings. The molecule has 0 bridgehead atoms. The molecule has 0 atom stereocenters. The Kier molecular flexibility index (Phi) is 5.75. The summed E-state index contributed by atoms with van der Waals surface area (Å²) >= 11 is 1.74. The van der Waals surface area contributed by atoms with Crippen molar-refractivity contribution in [1.29, 1.82) is 0 Å². The van der Waals surface area contributed by atoms with Crippen LogP contribution >= 0.6 is 11.3 Å². The van der Waals surface area contributed by atoms with Gasteiger partial charge in [0.2, 0.25) is 0 Å². The fourth-order valence-electron chi connectivity index (χ4n) is 1.92. The van der Waals surface area contributed by atoms with Gasteiger partial charge in [0, 0.05) is 60.5 Å². The Labute approximate surface area is 120 Å². The van der Waals surface area contributed by atoms with Crippen molar-refractivity contribution in [3.05, 3.63) is 10.6 Å². The summed E-state index contributed by atoms with van der Waals surface area (Å²) in [5, 5.41) is 4.41. The molecule has 1 aromatic rings. The molecular formula is C12H21N3O2S2. The van der Waals surface area contributed by atoms with Gasteiger partial charge in [0.1, 0.15) is 0 Å². The van der Waals surface area contributed by atoms with Crippen LogP contribution in [0.2, 0.25) is 0 Å². The smallest absolute Gasteiger partial charge is 0.185 e. The summed E-state index contributed by atoms with van der Waals surface area (Å²) in [4.78, 5) is 8.16. The molecule has 1 saturated heterocycles. The number of anilines is 1. The van der Waals surface area contributed by atoms with E-state index in [2.05, 4.69) is 22.1 Å². The van der Waals surface area contributed by atoms with E-state index >= 15 is 0 Å². The number of hydrogen-bond acceptors (Lipinski definition) is 6. The number of hydrogen-bond donors (Lipinski definition) is 1. The largest absolute Gasteiger partial charge is 0.383 e. The first-order valence-corrected chi connectivity index (χ1v) is 8.77. The summed E-state index contributed by atoms with van der Waals surface area (Å²) in [6.45, 7) is 6.18. The van der Waals surface area contributed by atoms with Gasteiger partial charge in [-0.3, -0.25) is 4.21 Å². The van der Waals surface area contributed by atoms with Crippen molar-refractivity contribution in [2.75, 3.05) is 49.8 Å². The topological polar surface area (TPSA) is 54.5 Å². The molecule has 0 aliphatic carbocycles. The van der Waals surface area contributed by atoms with Crippen molar-refractivity contribution >= 4 is 27.3 Å². The van der Waals surface area contributed by atoms with Gasteiger partial charge < -0.3 is 15.0 Å². The van der Waals surface area contributed by atoms with Gasteiger partial charge in [-0.05, 0) is 6.92 Å². The van der Waals surface area contributed by atoms with E-state index < -0.39 is 10.8 Å². The molecular weight excluding hydrogens is 282 g/mol. The summed E-state index contributed by atoms with van der Waals surface area (Å²) < 4.78 is 16.4. The summed E-state index contributed by atoms with van der Waals surface area (Å²) in [5.74, 6) is 1.53. The van der Waals surface area contributed by atoms with E-state index in [9.17, 15) is 4.21 Å². The number of aromatic nitrogens is 1. The van der Waals surface area contributed by atoms with Crippen LogP contribution in [0.3, 0.4) is 0 Å². The molecule has 1 aliphatic heterocycles. The third kappa shape index (κ3) is 4.24. The highest BCUT2D eigenvalue weighted by Crippen LogP contribution is 2.26. The third-order valence-corrected chi connectivity index (χ3v) is 5.59. The monoisotopic (exact) mass is 303 g/mol. The third-order valence-electron chi connectivity index (χ3n) is 3.10. The molecule has 108 valence electrons. The molecule has 1 aromatic heterocycles. The minimum Gasteiger partial charge on any atom is -0.383 e. The molecule has 0 radical (unpaired) electrons. The average molecular weight is 303 g/mol. The number of thiazole rings is 1. The maximum Gasteiger partial charge on any atom is 0.185 e. The standard InChI is InChI=1S/C12H21N3O2S2/c1-10-11(9-13-3-6-17-2)18-12(14-10)15-4-7-19(16)8-5-15/h13H,3-9H2,1-2H3. The molecule has 0 unspecified atom stereocenters. The van der Waals surface area contributed by atoms with Crippen molar-refractivity contribution in [3.8, 4) is 0 Å². The highest BCUT2D eigenvalue weighted by atomic mass is 32.2. The number of nitrogens with one attached hydrogen (secondary N) is 1. The molecule has 0 aromatic carbocycles. The van der Waals surface area contributed by atoms with E-state index in [0.717, 1.165) is 55.1 Å². The first-order chi connectivity index (χ1) is 9.20. The number of methoxy groups -OCH3 is 1. The molecule has 7 heteroatoms. The lowest BCUT2D eigenvalue weighted by Gasteiger charge is -2.25. The minimum absolute atomic E-state index is 0.631. The van der Waals surface area contributed by atoms with Gasteiger partial charge in [-0.15, -0.1) is 11.3 Å². The summed E-state index contributed by atoms with van der Waals surface area (Å²) in [7, 11) is 1.07. The van der Waals surface area contributed by atoms with Gasteiger partial charge in [-0.25, -0.2) is 4.98 Å². The van der Waals surface area contributed by atoms with E-state index in [-0.39, 0.29) is 0 Å². The predicted octanol–water partition coefficient (Wildman–Crippen LogP) is 0.756. The Bertz CT molecular complexity index is 427. The van der Waals surface area contributed by atoms with Gasteiger partial charge in [0.05, 0.1) is 12.3 Å². The second kappa shape index (κ2) is 7.33. The summed E-state index contributed by atoms with van der Waals surface area (Å²) in [6.07, 6.45) is 0. The van der Waals surface area contributed by atoms with E-state index in [4.69, 9.17) is 4.74 Å². The molecule has 5 nitrogen and oxygen atoms in total. The van der Waals surface area contributed by atoms with Crippen molar-refractivity contribution < 1.29 is 8.95 Å². The highest BCUT2D eigenvalue weighted by molar-refractivity contribution is 7.85. The fraction of sp³-hybridized carbons (Fsp3) is 0.750. The molecule has 0 amide bonds. The Morgan fingerprint density at radius 2 is 2.21 bits per heavy atom. The van der Waals surface area contributed by atoms with Crippen LogP contribution in [0.25, 0.3) is 0 Å². The SMILES string of the molecule is COCCNCc1sc(N2CCS(=O)CC2)nc1C. The molecule has 2 rings (SSSR count). The fourth-order valence-corrected chi connectivity index (χ4v) is 4.05. The van der Waals surface area contributed by atoms with Crippen LogP contribution in [-0.2, 0) is 22.1 Å². The van der Waals surface area contributed by atoms with E-state index in [1.165, 1.54) is 4.88 Å². The quantitative estimate of drug-likeness (QED) is 0.786. The van der Waals surface area contributed by atoms with Crippen LogP contribution in [0, 0.1) is 6.92 Å². The van der Waals surface area contributed by atoms with Crippen molar-refractivity contribution in [2.45, 2.75) is 13.5 Å². The maximum atomic E-state index is 11.4. The van der Waals surface area contributed by atoms with Gasteiger partial charge >= 0.3 is 0 Å². The zero-order valence-corrected chi connectivity index (χ0v) is 13.1. The zero-order chi connectivity index (χ0) is 13.7. The predicted molar refractivity (Wildman–Crippen MR) is 80.5 cm³/mol. The van der Waals surface area contributed by atoms with Gasteiger partial charge in [0.25, 0.3) is 0 Å². The first-order valence-electron chi connectivity index (χ1n) is 6.46. The number of aryl methyl sites for hydroxylation is 1.